The lowest BCUT2D eigenvalue weighted by molar-refractivity contribution is 0.381. The van der Waals surface area contributed by atoms with Crippen LogP contribution in [0.3, 0.4) is 0 Å². The summed E-state index contributed by atoms with van der Waals surface area (Å²) in [7, 11) is 0. The maximum atomic E-state index is 5.33. The molecule has 0 saturated heterocycles. The molecule has 0 saturated carbocycles. The lowest BCUT2D eigenvalue weighted by Gasteiger charge is -2.07. The highest BCUT2D eigenvalue weighted by Gasteiger charge is 2.04. The van der Waals surface area contributed by atoms with Crippen LogP contribution in [0.25, 0.3) is 10.4 Å². The molecule has 0 N–H and O–H groups in total. The van der Waals surface area contributed by atoms with Crippen LogP contribution in [0.5, 0.6) is 0 Å². The number of rotatable bonds is 5. The molecule has 1 aromatic carbocycles. The van der Waals surface area contributed by atoms with Crippen LogP contribution in [0.15, 0.2) is 41.8 Å². The molecule has 0 fully saturated rings. The smallest absolute Gasteiger partial charge is 0.0654 e. The van der Waals surface area contributed by atoms with Gasteiger partial charge in [0.15, 0.2) is 0 Å². The monoisotopic (exact) mass is 250 g/mol. The Bertz CT molecular complexity index is 423. The quantitative estimate of drug-likeness (QED) is 0.579. The van der Waals surface area contributed by atoms with Gasteiger partial charge in [0.05, 0.1) is 6.61 Å². The normalized spacial score (nSPS) is 10.6. The number of hydrogen-bond donors (Lipinski definition) is 0. The van der Waals surface area contributed by atoms with Crippen LogP contribution < -0.4 is 0 Å². The van der Waals surface area contributed by atoms with Crippen molar-refractivity contribution in [3.05, 3.63) is 47.3 Å². The summed E-state index contributed by atoms with van der Waals surface area (Å²) in [5, 5.41) is 2.12. The van der Waals surface area contributed by atoms with Crippen molar-refractivity contribution in [2.75, 3.05) is 12.9 Å². The Kier molecular flexibility index (Phi) is 4.45. The molecule has 0 radical (unpaired) electrons. The molecule has 0 spiro atoms. The lowest BCUT2D eigenvalue weighted by atomic mass is 10.0. The third-order valence-corrected chi connectivity index (χ3v) is 3.68. The molecule has 0 aliphatic heterocycles. The summed E-state index contributed by atoms with van der Waals surface area (Å²) < 4.78 is 5.33. The summed E-state index contributed by atoms with van der Waals surface area (Å²) in [5.41, 5.74) is 2.70. The van der Waals surface area contributed by atoms with Crippen LogP contribution in [0.2, 0.25) is 0 Å². The van der Waals surface area contributed by atoms with Crippen molar-refractivity contribution in [1.82, 2.24) is 0 Å². The first-order valence-corrected chi connectivity index (χ1v) is 7.22. The van der Waals surface area contributed by atoms with E-state index in [-0.39, 0.29) is 0 Å². The van der Waals surface area contributed by atoms with Gasteiger partial charge in [0.25, 0.3) is 0 Å². The summed E-state index contributed by atoms with van der Waals surface area (Å²) >= 11 is 3.21. The molecule has 0 atom stereocenters. The summed E-state index contributed by atoms with van der Waals surface area (Å²) in [5.74, 6) is 0. The summed E-state index contributed by atoms with van der Waals surface area (Å²) in [6, 6.07) is 12.8. The molecule has 2 aromatic rings. The van der Waals surface area contributed by atoms with E-state index in [1.54, 1.807) is 11.3 Å². The molecule has 1 aromatic heterocycles. The van der Waals surface area contributed by atoms with Gasteiger partial charge < -0.3 is 4.18 Å². The van der Waals surface area contributed by atoms with Gasteiger partial charge in [0, 0.05) is 11.1 Å². The van der Waals surface area contributed by atoms with Gasteiger partial charge in [-0.05, 0) is 41.0 Å². The maximum absolute atomic E-state index is 5.33. The average Bonchev–Trinajstić information content (AvgIpc) is 2.83. The van der Waals surface area contributed by atoms with E-state index in [4.69, 9.17) is 4.18 Å². The molecule has 16 heavy (non-hydrogen) atoms. The van der Waals surface area contributed by atoms with Gasteiger partial charge in [-0.2, -0.15) is 0 Å². The summed E-state index contributed by atoms with van der Waals surface area (Å²) in [6.45, 7) is 0.767. The van der Waals surface area contributed by atoms with Gasteiger partial charge in [-0.15, -0.1) is 11.3 Å². The number of benzene rings is 1. The van der Waals surface area contributed by atoms with E-state index in [0.717, 1.165) is 13.0 Å². The van der Waals surface area contributed by atoms with E-state index in [2.05, 4.69) is 41.8 Å². The van der Waals surface area contributed by atoms with Crippen LogP contribution in [0.1, 0.15) is 5.56 Å². The summed E-state index contributed by atoms with van der Waals surface area (Å²) in [6.07, 6.45) is 2.92. The maximum Gasteiger partial charge on any atom is 0.0654 e. The minimum Gasteiger partial charge on any atom is -0.315 e. The van der Waals surface area contributed by atoms with Gasteiger partial charge in [0.1, 0.15) is 0 Å². The second-order valence-electron chi connectivity index (χ2n) is 3.37. The molecular weight excluding hydrogens is 236 g/mol. The van der Waals surface area contributed by atoms with Crippen LogP contribution >= 0.6 is 23.4 Å². The lowest BCUT2D eigenvalue weighted by Crippen LogP contribution is -1.95. The zero-order valence-corrected chi connectivity index (χ0v) is 10.8. The van der Waals surface area contributed by atoms with Gasteiger partial charge >= 0.3 is 0 Å². The fourth-order valence-corrected chi connectivity index (χ4v) is 2.68. The predicted octanol–water partition coefficient (Wildman–Crippen LogP) is 4.25. The molecule has 1 heterocycles. The van der Waals surface area contributed by atoms with Gasteiger partial charge in [-0.25, -0.2) is 0 Å². The zero-order valence-electron chi connectivity index (χ0n) is 9.18. The molecule has 0 unspecified atom stereocenters. The van der Waals surface area contributed by atoms with Crippen molar-refractivity contribution in [2.45, 2.75) is 6.42 Å². The first-order chi connectivity index (χ1) is 7.92. The van der Waals surface area contributed by atoms with Crippen molar-refractivity contribution in [3.63, 3.8) is 0 Å². The topological polar surface area (TPSA) is 9.23 Å². The Morgan fingerprint density at radius 1 is 1.19 bits per heavy atom. The molecule has 84 valence electrons. The predicted molar refractivity (Wildman–Crippen MR) is 72.9 cm³/mol. The Morgan fingerprint density at radius 3 is 2.81 bits per heavy atom. The molecule has 2 rings (SSSR count). The largest absolute Gasteiger partial charge is 0.315 e. The van der Waals surface area contributed by atoms with E-state index in [1.807, 2.05) is 6.26 Å². The van der Waals surface area contributed by atoms with E-state index in [1.165, 1.54) is 28.0 Å². The Morgan fingerprint density at radius 2 is 2.06 bits per heavy atom. The first-order valence-electron chi connectivity index (χ1n) is 5.19. The van der Waals surface area contributed by atoms with Crippen molar-refractivity contribution >= 4 is 23.4 Å². The highest BCUT2D eigenvalue weighted by Crippen LogP contribution is 2.28. The Balaban J connectivity index is 2.18. The highest BCUT2D eigenvalue weighted by molar-refractivity contribution is 7.93. The van der Waals surface area contributed by atoms with E-state index >= 15 is 0 Å². The fraction of sp³-hybridized carbons (Fsp3) is 0.231. The Hall–Kier alpha value is -0.770. The van der Waals surface area contributed by atoms with E-state index < -0.39 is 0 Å². The summed E-state index contributed by atoms with van der Waals surface area (Å²) in [4.78, 5) is 1.33. The molecule has 0 aliphatic rings. The standard InChI is InChI=1S/C13H14OS2/c1-15-14-9-8-11-5-2-3-6-12(11)13-7-4-10-16-13/h2-7,10H,8-9H2,1H3. The van der Waals surface area contributed by atoms with Crippen molar-refractivity contribution in [2.24, 2.45) is 0 Å². The van der Waals surface area contributed by atoms with Crippen LogP contribution in [-0.4, -0.2) is 12.9 Å². The Labute approximate surface area is 105 Å². The number of thiophene rings is 1. The van der Waals surface area contributed by atoms with Crippen LogP contribution in [0, 0.1) is 0 Å². The second kappa shape index (κ2) is 6.09. The van der Waals surface area contributed by atoms with Crippen LogP contribution in [0.4, 0.5) is 0 Å². The van der Waals surface area contributed by atoms with Gasteiger partial charge in [0.2, 0.25) is 0 Å². The highest BCUT2D eigenvalue weighted by atomic mass is 32.2. The third-order valence-electron chi connectivity index (χ3n) is 2.38. The molecule has 0 aliphatic carbocycles. The van der Waals surface area contributed by atoms with Crippen LogP contribution in [-0.2, 0) is 10.6 Å². The first kappa shape index (κ1) is 11.7. The van der Waals surface area contributed by atoms with Crippen molar-refractivity contribution < 1.29 is 4.18 Å². The molecule has 0 bridgehead atoms. The van der Waals surface area contributed by atoms with Crippen molar-refractivity contribution in [3.8, 4) is 10.4 Å². The SMILES string of the molecule is CSOCCc1ccccc1-c1cccs1. The van der Waals surface area contributed by atoms with E-state index in [9.17, 15) is 0 Å². The minimum absolute atomic E-state index is 0.767. The van der Waals surface area contributed by atoms with Gasteiger partial charge in [-0.3, -0.25) is 0 Å². The number of hydrogen-bond acceptors (Lipinski definition) is 3. The van der Waals surface area contributed by atoms with Gasteiger partial charge in [-0.1, -0.05) is 30.3 Å². The second-order valence-corrected chi connectivity index (χ2v) is 4.89. The molecule has 3 heteroatoms. The zero-order chi connectivity index (χ0) is 11.2. The fourth-order valence-electron chi connectivity index (χ4n) is 1.65. The minimum atomic E-state index is 0.767. The molecule has 1 nitrogen and oxygen atoms in total. The third kappa shape index (κ3) is 2.88. The van der Waals surface area contributed by atoms with Crippen molar-refractivity contribution in [1.29, 1.82) is 0 Å². The average molecular weight is 250 g/mol. The van der Waals surface area contributed by atoms with E-state index in [0.29, 0.717) is 0 Å². The molecular formula is C13H14OS2. The molecule has 0 amide bonds.